The number of likely N-dealkylation sites (N-methyl/N-ethyl adjacent to an activating group) is 1. The van der Waals surface area contributed by atoms with Crippen LogP contribution < -0.4 is 26.6 Å². The molecule has 2 aromatic rings. The van der Waals surface area contributed by atoms with Gasteiger partial charge in [-0.15, -0.1) is 0 Å². The molecule has 2 aromatic carbocycles. The van der Waals surface area contributed by atoms with Crippen LogP contribution >= 0.6 is 0 Å². The number of ether oxygens (including phenoxy) is 2. The predicted octanol–water partition coefficient (Wildman–Crippen LogP) is 4.90. The second-order valence-electron chi connectivity index (χ2n) is 15.0. The second-order valence-corrected chi connectivity index (χ2v) is 15.0. The Balaban J connectivity index is 0. The van der Waals surface area contributed by atoms with Crippen LogP contribution in [0.4, 0.5) is 9.59 Å². The summed E-state index contributed by atoms with van der Waals surface area (Å²) in [6.07, 6.45) is 3.90. The number of nitrogens with one attached hydrogen (secondary N) is 5. The molecule has 14 heteroatoms. The molecule has 0 fully saturated rings. The van der Waals surface area contributed by atoms with E-state index in [1.54, 1.807) is 27.8 Å². The van der Waals surface area contributed by atoms with E-state index in [1.165, 1.54) is 0 Å². The Morgan fingerprint density at radius 3 is 1.64 bits per heavy atom. The number of rotatable bonds is 17. The molecule has 6 N–H and O–H groups in total. The van der Waals surface area contributed by atoms with Crippen molar-refractivity contribution in [2.45, 2.75) is 124 Å². The third-order valence-electron chi connectivity index (χ3n) is 7.01. The zero-order valence-corrected chi connectivity index (χ0v) is 35.4. The zero-order valence-electron chi connectivity index (χ0n) is 35.4. The molecule has 2 unspecified atom stereocenters. The van der Waals surface area contributed by atoms with Crippen molar-refractivity contribution in [3.05, 3.63) is 71.8 Å². The molecule has 0 saturated carbocycles. The molecule has 0 heterocycles. The number of unbranched alkanes of at least 4 members (excludes halogenated alkanes) is 1. The lowest BCUT2D eigenvalue weighted by Crippen LogP contribution is -2.52. The molecular weight excluding hydrogens is 718 g/mol. The first-order valence-corrected chi connectivity index (χ1v) is 19.0. The summed E-state index contributed by atoms with van der Waals surface area (Å²) in [6.45, 7) is 17.8. The maximum absolute atomic E-state index is 12.9. The van der Waals surface area contributed by atoms with Crippen molar-refractivity contribution >= 4 is 36.6 Å². The minimum absolute atomic E-state index is 0.0924. The fraction of sp³-hybridized carbons (Fsp3) is 0.571. The van der Waals surface area contributed by atoms with Gasteiger partial charge in [0.05, 0.1) is 18.6 Å². The topological polar surface area (TPSA) is 201 Å². The number of benzene rings is 2. The Hall–Kier alpha value is -4.82. The number of aldehydes is 2. The maximum atomic E-state index is 12.9. The number of alkyl carbamates (subject to hydrolysis) is 2. The van der Waals surface area contributed by atoms with Crippen molar-refractivity contribution in [3.8, 4) is 0 Å². The first-order chi connectivity index (χ1) is 26.3. The van der Waals surface area contributed by atoms with E-state index in [-0.39, 0.29) is 31.0 Å². The molecule has 56 heavy (non-hydrogen) atoms. The van der Waals surface area contributed by atoms with Crippen LogP contribution in [0, 0.1) is 5.92 Å². The summed E-state index contributed by atoms with van der Waals surface area (Å²) in [5.74, 6) is -0.0875. The summed E-state index contributed by atoms with van der Waals surface area (Å²) >= 11 is 0. The van der Waals surface area contributed by atoms with E-state index in [1.807, 2.05) is 81.4 Å². The van der Waals surface area contributed by atoms with E-state index in [4.69, 9.17) is 14.6 Å². The Morgan fingerprint density at radius 1 is 0.714 bits per heavy atom. The number of aliphatic hydroxyl groups excluding tert-OH is 1. The molecule has 2 rings (SSSR count). The Kier molecular flexibility index (Phi) is 28.9. The fourth-order valence-corrected chi connectivity index (χ4v) is 4.57. The molecule has 0 aliphatic carbocycles. The van der Waals surface area contributed by atoms with Gasteiger partial charge < -0.3 is 50.8 Å². The van der Waals surface area contributed by atoms with E-state index in [9.17, 15) is 28.8 Å². The molecule has 0 aliphatic rings. The highest BCUT2D eigenvalue weighted by Gasteiger charge is 2.26. The van der Waals surface area contributed by atoms with E-state index < -0.39 is 35.3 Å². The van der Waals surface area contributed by atoms with Gasteiger partial charge in [0, 0.05) is 20.1 Å². The number of carbonyl (C=O) groups is 6. The lowest BCUT2D eigenvalue weighted by Gasteiger charge is -2.24. The highest BCUT2D eigenvalue weighted by Crippen LogP contribution is 2.10. The molecule has 0 radical (unpaired) electrons. The average Bonchev–Trinajstić information content (AvgIpc) is 3.13. The molecule has 316 valence electrons. The van der Waals surface area contributed by atoms with E-state index in [0.717, 1.165) is 37.5 Å². The van der Waals surface area contributed by atoms with Crippen LogP contribution in [0.3, 0.4) is 0 Å². The van der Waals surface area contributed by atoms with Gasteiger partial charge in [0.15, 0.2) is 0 Å². The van der Waals surface area contributed by atoms with Crippen LogP contribution in [-0.2, 0) is 41.5 Å². The lowest BCUT2D eigenvalue weighted by molar-refractivity contribution is -0.125. The van der Waals surface area contributed by atoms with Gasteiger partial charge in [0.1, 0.15) is 29.8 Å². The summed E-state index contributed by atoms with van der Waals surface area (Å²) in [6, 6.07) is 17.0. The van der Waals surface area contributed by atoms with Crippen LogP contribution in [0.5, 0.6) is 0 Å². The standard InChI is InChI=1S/C23H28N2O4.C9H18N2O2.C9H19NO2.CH4O/c1-23(2,3)29-22(28)25-20(15-18-12-8-5-9-13-18)21(27)24-19(16-26)14-17-10-6-4-7-11-17;1-7(2)6-8(10-3)9(13)11-4-5-12;1-5-6-7-10-8(11)12-9(2,3)4;1-2/h4-13,16,19-20H,14-15H2,1-3H3,(H,24,27)(H,25,28);5,7-8,10H,4,6H2,1-3H3,(H,11,13);5-7H2,1-4H3,(H,10,11);2H,1H3/t19-,20?;;;/m1.../s1. The van der Waals surface area contributed by atoms with Crippen molar-refractivity contribution in [1.29, 1.82) is 0 Å². The molecule has 14 nitrogen and oxygen atoms in total. The average molecular weight is 788 g/mol. The van der Waals surface area contributed by atoms with Crippen LogP contribution in [0.25, 0.3) is 0 Å². The largest absolute Gasteiger partial charge is 0.444 e. The summed E-state index contributed by atoms with van der Waals surface area (Å²) < 4.78 is 10.3. The van der Waals surface area contributed by atoms with Crippen molar-refractivity contribution in [3.63, 3.8) is 0 Å². The van der Waals surface area contributed by atoms with Gasteiger partial charge in [-0.1, -0.05) is 87.9 Å². The number of hydrogen-bond donors (Lipinski definition) is 6. The fourth-order valence-electron chi connectivity index (χ4n) is 4.57. The molecule has 0 saturated heterocycles. The van der Waals surface area contributed by atoms with Gasteiger partial charge in [0.25, 0.3) is 0 Å². The van der Waals surface area contributed by atoms with Crippen molar-refractivity contribution in [2.75, 3.05) is 27.2 Å². The summed E-state index contributed by atoms with van der Waals surface area (Å²) in [7, 11) is 2.74. The van der Waals surface area contributed by atoms with E-state index in [2.05, 4.69) is 47.4 Å². The van der Waals surface area contributed by atoms with Crippen molar-refractivity contribution in [2.24, 2.45) is 5.92 Å². The minimum atomic E-state index is -0.870. The summed E-state index contributed by atoms with van der Waals surface area (Å²) in [5.41, 5.74) is 0.742. The number of hydrogen-bond acceptors (Lipinski definition) is 10. The molecule has 0 spiro atoms. The minimum Gasteiger partial charge on any atom is -0.444 e. The maximum Gasteiger partial charge on any atom is 0.408 e. The second kappa shape index (κ2) is 30.4. The quantitative estimate of drug-likeness (QED) is 0.0946. The van der Waals surface area contributed by atoms with Crippen molar-refractivity contribution in [1.82, 2.24) is 26.6 Å². The lowest BCUT2D eigenvalue weighted by atomic mass is 10.0. The van der Waals surface area contributed by atoms with E-state index in [0.29, 0.717) is 31.5 Å². The first-order valence-electron chi connectivity index (χ1n) is 19.0. The number of carbonyl (C=O) groups excluding carboxylic acids is 6. The van der Waals surface area contributed by atoms with Gasteiger partial charge >= 0.3 is 12.2 Å². The SMILES string of the molecule is CC(C)(C)OC(=O)NC(Cc1ccccc1)C(=O)N[C@@H](C=O)Cc1ccccc1.CCCCNC(=O)OC(C)(C)C.CNC(CC(C)C)C(=O)NCC=O.CO. The molecule has 4 amide bonds. The van der Waals surface area contributed by atoms with Crippen LogP contribution in [-0.4, -0.2) is 98.3 Å². The van der Waals surface area contributed by atoms with Gasteiger partial charge in [-0.2, -0.15) is 0 Å². The van der Waals surface area contributed by atoms with Gasteiger partial charge in [0.2, 0.25) is 11.8 Å². The van der Waals surface area contributed by atoms with Crippen LogP contribution in [0.2, 0.25) is 0 Å². The number of amides is 4. The third kappa shape index (κ3) is 29.5. The first kappa shape index (κ1) is 53.3. The van der Waals surface area contributed by atoms with Crippen molar-refractivity contribution < 1.29 is 43.3 Å². The zero-order chi connectivity index (χ0) is 43.2. The monoisotopic (exact) mass is 788 g/mol. The van der Waals surface area contributed by atoms with Crippen LogP contribution in [0.1, 0.15) is 92.7 Å². The van der Waals surface area contributed by atoms with Crippen LogP contribution in [0.15, 0.2) is 60.7 Å². The van der Waals surface area contributed by atoms with Gasteiger partial charge in [-0.3, -0.25) is 9.59 Å². The van der Waals surface area contributed by atoms with Gasteiger partial charge in [-0.05, 0) is 84.9 Å². The summed E-state index contributed by atoms with van der Waals surface area (Å²) in [5, 5.41) is 20.5. The predicted molar refractivity (Wildman–Crippen MR) is 220 cm³/mol. The molecule has 3 atom stereocenters. The highest BCUT2D eigenvalue weighted by molar-refractivity contribution is 5.88. The molecule has 0 aliphatic heterocycles. The highest BCUT2D eigenvalue weighted by atomic mass is 16.6. The molecular formula is C42H69N5O9. The Labute approximate surface area is 334 Å². The Morgan fingerprint density at radius 2 is 1.21 bits per heavy atom. The van der Waals surface area contributed by atoms with E-state index >= 15 is 0 Å². The summed E-state index contributed by atoms with van der Waals surface area (Å²) in [4.78, 5) is 68.9. The molecule has 0 aromatic heterocycles. The molecule has 0 bridgehead atoms. The third-order valence-corrected chi connectivity index (χ3v) is 7.01. The normalized spacial score (nSPS) is 12.2. The Bertz CT molecular complexity index is 1380. The smallest absolute Gasteiger partial charge is 0.408 e. The van der Waals surface area contributed by atoms with Gasteiger partial charge in [-0.25, -0.2) is 9.59 Å². The number of aliphatic hydroxyl groups is 1.